The summed E-state index contributed by atoms with van der Waals surface area (Å²) in [6.45, 7) is 19.1. The molecule has 330 valence electrons. The molecule has 1 fully saturated rings. The van der Waals surface area contributed by atoms with Crippen LogP contribution in [0.3, 0.4) is 0 Å². The standard InChI is InChI=1S/C63H60BN3/c1-60(2,3)46-25-18-27-49(38-46)66-56-39-47(61(4,5)6)31-33-53(56)64-52-32-30-45(43-22-13-10-14-23-43)37-55(52)65(48-26-17-24-44(36-48)42-20-11-9-12-21-42)57-40-50(41-58(66)59(57)64)67-54-29-16-15-28-51(54)62(7)34-19-35-63(62,67)8/h9-18,20-33,36-41H,19,34-35H2,1-8H3. The van der Waals surface area contributed by atoms with Crippen LogP contribution >= 0.6 is 0 Å². The average Bonchev–Trinajstić information content (AvgIpc) is 3.74. The minimum Gasteiger partial charge on any atom is -0.334 e. The number of hydrogen-bond acceptors (Lipinski definition) is 3. The first-order valence-corrected chi connectivity index (χ1v) is 24.5. The molecule has 4 aliphatic rings. The molecule has 0 N–H and O–H groups in total. The number of anilines is 8. The molecule has 0 spiro atoms. The molecule has 3 nitrogen and oxygen atoms in total. The van der Waals surface area contributed by atoms with Gasteiger partial charge in [0.15, 0.2) is 0 Å². The van der Waals surface area contributed by atoms with Crippen molar-refractivity contribution in [2.75, 3.05) is 14.7 Å². The van der Waals surface area contributed by atoms with Crippen molar-refractivity contribution in [1.82, 2.24) is 0 Å². The molecule has 67 heavy (non-hydrogen) atoms. The highest BCUT2D eigenvalue weighted by molar-refractivity contribution is 7.00. The lowest BCUT2D eigenvalue weighted by molar-refractivity contribution is 0.330. The first kappa shape index (κ1) is 41.6. The average molecular weight is 870 g/mol. The normalized spacial score (nSPS) is 19.2. The molecular formula is C63H60BN3. The highest BCUT2D eigenvalue weighted by Crippen LogP contribution is 2.63. The van der Waals surface area contributed by atoms with E-state index in [2.05, 4.69) is 252 Å². The van der Waals surface area contributed by atoms with Gasteiger partial charge in [-0.15, -0.1) is 0 Å². The third-order valence-electron chi connectivity index (χ3n) is 16.2. The van der Waals surface area contributed by atoms with E-state index in [9.17, 15) is 0 Å². The summed E-state index contributed by atoms with van der Waals surface area (Å²) < 4.78 is 0. The lowest BCUT2D eigenvalue weighted by atomic mass is 9.33. The molecule has 0 saturated heterocycles. The maximum absolute atomic E-state index is 2.76. The van der Waals surface area contributed by atoms with E-state index >= 15 is 0 Å². The number of benzene rings is 8. The minimum atomic E-state index is -0.106. The van der Waals surface area contributed by atoms with E-state index in [1.54, 1.807) is 0 Å². The van der Waals surface area contributed by atoms with Crippen LogP contribution in [-0.2, 0) is 16.2 Å². The number of para-hydroxylation sites is 1. The van der Waals surface area contributed by atoms with Gasteiger partial charge in [-0.1, -0.05) is 182 Å². The SMILES string of the molecule is CC(C)(C)c1cccc(N2c3cc(C(C)(C)C)ccc3B3c4ccc(-c5ccccc5)cc4N(c4cccc(-c5ccccc5)c4)c4cc(N5c6ccccc6C6(C)CCCC56C)cc2c43)c1. The molecule has 0 bridgehead atoms. The van der Waals surface area contributed by atoms with E-state index < -0.39 is 0 Å². The summed E-state index contributed by atoms with van der Waals surface area (Å²) in [7, 11) is 0. The Morgan fingerprint density at radius 2 is 0.955 bits per heavy atom. The molecule has 8 aromatic carbocycles. The van der Waals surface area contributed by atoms with Crippen LogP contribution in [0, 0.1) is 0 Å². The summed E-state index contributed by atoms with van der Waals surface area (Å²) in [5.41, 5.74) is 22.7. The van der Waals surface area contributed by atoms with Crippen molar-refractivity contribution in [1.29, 1.82) is 0 Å². The number of nitrogens with zero attached hydrogens (tertiary/aromatic N) is 3. The van der Waals surface area contributed by atoms with Crippen LogP contribution in [0.1, 0.15) is 91.3 Å². The molecule has 2 atom stereocenters. The van der Waals surface area contributed by atoms with Crippen molar-refractivity contribution in [3.05, 3.63) is 199 Å². The van der Waals surface area contributed by atoms with Gasteiger partial charge in [-0.3, -0.25) is 0 Å². The Morgan fingerprint density at radius 3 is 1.61 bits per heavy atom. The summed E-state index contributed by atoms with van der Waals surface area (Å²) in [6, 6.07) is 69.5. The monoisotopic (exact) mass is 869 g/mol. The van der Waals surface area contributed by atoms with E-state index in [0.29, 0.717) is 0 Å². The molecule has 8 aromatic rings. The second-order valence-electron chi connectivity index (χ2n) is 22.2. The van der Waals surface area contributed by atoms with Gasteiger partial charge in [0.2, 0.25) is 0 Å². The Hall–Kier alpha value is -6.78. The fraction of sp³-hybridized carbons (Fsp3) is 0.238. The second-order valence-corrected chi connectivity index (χ2v) is 22.2. The van der Waals surface area contributed by atoms with Crippen molar-refractivity contribution in [2.45, 2.75) is 96.4 Å². The second kappa shape index (κ2) is 14.9. The van der Waals surface area contributed by atoms with Crippen LogP contribution in [0.25, 0.3) is 22.3 Å². The predicted molar refractivity (Wildman–Crippen MR) is 287 cm³/mol. The third kappa shape index (κ3) is 6.32. The van der Waals surface area contributed by atoms with Gasteiger partial charge >= 0.3 is 0 Å². The highest BCUT2D eigenvalue weighted by atomic mass is 15.3. The quantitative estimate of drug-likeness (QED) is 0.160. The van der Waals surface area contributed by atoms with E-state index in [4.69, 9.17) is 0 Å². The van der Waals surface area contributed by atoms with E-state index in [1.165, 1.54) is 108 Å². The first-order chi connectivity index (χ1) is 32.2. The van der Waals surface area contributed by atoms with Crippen LogP contribution in [0.2, 0.25) is 0 Å². The van der Waals surface area contributed by atoms with Crippen LogP contribution < -0.4 is 31.1 Å². The first-order valence-electron chi connectivity index (χ1n) is 24.5. The number of rotatable bonds is 5. The van der Waals surface area contributed by atoms with Crippen molar-refractivity contribution in [2.24, 2.45) is 0 Å². The topological polar surface area (TPSA) is 9.72 Å². The zero-order valence-electron chi connectivity index (χ0n) is 40.4. The fourth-order valence-electron chi connectivity index (χ4n) is 12.4. The summed E-state index contributed by atoms with van der Waals surface area (Å²) in [5.74, 6) is 0. The van der Waals surface area contributed by atoms with Crippen molar-refractivity contribution < 1.29 is 0 Å². The van der Waals surface area contributed by atoms with Crippen molar-refractivity contribution in [3.63, 3.8) is 0 Å². The molecule has 3 heterocycles. The Bertz CT molecular complexity index is 3250. The van der Waals surface area contributed by atoms with Crippen LogP contribution in [-0.4, -0.2) is 12.3 Å². The van der Waals surface area contributed by atoms with Crippen molar-refractivity contribution >= 4 is 68.6 Å². The Balaban J connectivity index is 1.21. The molecule has 0 radical (unpaired) electrons. The Labute approximate surface area is 398 Å². The smallest absolute Gasteiger partial charge is 0.252 e. The van der Waals surface area contributed by atoms with Crippen LogP contribution in [0.5, 0.6) is 0 Å². The summed E-state index contributed by atoms with van der Waals surface area (Å²) in [5, 5.41) is 0. The van der Waals surface area contributed by atoms with Crippen LogP contribution in [0.4, 0.5) is 45.5 Å². The Morgan fingerprint density at radius 1 is 0.418 bits per heavy atom. The molecule has 3 aliphatic heterocycles. The van der Waals surface area contributed by atoms with Gasteiger partial charge in [0.05, 0.1) is 5.54 Å². The molecular weight excluding hydrogens is 810 g/mol. The van der Waals surface area contributed by atoms with Gasteiger partial charge in [-0.2, -0.15) is 0 Å². The van der Waals surface area contributed by atoms with Gasteiger partial charge in [0.25, 0.3) is 6.71 Å². The summed E-state index contributed by atoms with van der Waals surface area (Å²) >= 11 is 0. The number of hydrogen-bond donors (Lipinski definition) is 0. The molecule has 0 aromatic heterocycles. The third-order valence-corrected chi connectivity index (χ3v) is 16.2. The largest absolute Gasteiger partial charge is 0.334 e. The van der Waals surface area contributed by atoms with Gasteiger partial charge in [0.1, 0.15) is 0 Å². The summed E-state index contributed by atoms with van der Waals surface area (Å²) in [6.07, 6.45) is 3.52. The Kier molecular flexibility index (Phi) is 9.24. The van der Waals surface area contributed by atoms with E-state index in [0.717, 1.165) is 12.1 Å². The van der Waals surface area contributed by atoms with E-state index in [1.807, 2.05) is 0 Å². The fourth-order valence-corrected chi connectivity index (χ4v) is 12.4. The van der Waals surface area contributed by atoms with Gasteiger partial charge in [-0.25, -0.2) is 0 Å². The highest BCUT2D eigenvalue weighted by Gasteiger charge is 2.59. The van der Waals surface area contributed by atoms with Crippen LogP contribution in [0.15, 0.2) is 182 Å². The zero-order valence-corrected chi connectivity index (χ0v) is 40.4. The maximum atomic E-state index is 2.76. The van der Waals surface area contributed by atoms with Gasteiger partial charge < -0.3 is 14.7 Å². The lowest BCUT2D eigenvalue weighted by Crippen LogP contribution is -2.61. The molecule has 1 saturated carbocycles. The van der Waals surface area contributed by atoms with Gasteiger partial charge in [-0.05, 0) is 141 Å². The lowest BCUT2D eigenvalue weighted by Gasteiger charge is -2.47. The van der Waals surface area contributed by atoms with E-state index in [-0.39, 0.29) is 28.5 Å². The number of fused-ring (bicyclic) bond motifs is 7. The minimum absolute atomic E-state index is 0.00306. The molecule has 0 amide bonds. The van der Waals surface area contributed by atoms with Gasteiger partial charge in [0, 0.05) is 50.9 Å². The maximum Gasteiger partial charge on any atom is 0.252 e. The van der Waals surface area contributed by atoms with Crippen molar-refractivity contribution in [3.8, 4) is 22.3 Å². The molecule has 2 unspecified atom stereocenters. The molecule has 4 heteroatoms. The molecule has 1 aliphatic carbocycles. The predicted octanol–water partition coefficient (Wildman–Crippen LogP) is 15.1. The molecule has 12 rings (SSSR count). The summed E-state index contributed by atoms with van der Waals surface area (Å²) in [4.78, 5) is 8.02. The zero-order chi connectivity index (χ0) is 46.0.